The molecular formula is C17H30N2. The smallest absolute Gasteiger partial charge is 0.0395 e. The first-order chi connectivity index (χ1) is 8.95. The second-order valence-corrected chi connectivity index (χ2v) is 6.01. The molecule has 0 heterocycles. The van der Waals surface area contributed by atoms with Gasteiger partial charge in [0.25, 0.3) is 0 Å². The van der Waals surface area contributed by atoms with Crippen molar-refractivity contribution >= 4 is 5.69 Å². The summed E-state index contributed by atoms with van der Waals surface area (Å²) < 4.78 is 0. The van der Waals surface area contributed by atoms with Gasteiger partial charge in [0.1, 0.15) is 0 Å². The van der Waals surface area contributed by atoms with E-state index in [1.54, 1.807) is 0 Å². The second kappa shape index (κ2) is 7.54. The number of hydrogen-bond acceptors (Lipinski definition) is 2. The van der Waals surface area contributed by atoms with Gasteiger partial charge in [-0.25, -0.2) is 0 Å². The fourth-order valence-electron chi connectivity index (χ4n) is 2.24. The highest BCUT2D eigenvalue weighted by molar-refractivity contribution is 5.54. The van der Waals surface area contributed by atoms with E-state index in [1.807, 2.05) is 0 Å². The highest BCUT2D eigenvalue weighted by atomic mass is 15.1. The maximum Gasteiger partial charge on any atom is 0.0395 e. The fraction of sp³-hybridized carbons (Fsp3) is 0.647. The van der Waals surface area contributed by atoms with Crippen molar-refractivity contribution in [2.75, 3.05) is 18.5 Å². The number of benzene rings is 1. The summed E-state index contributed by atoms with van der Waals surface area (Å²) in [6.45, 7) is 13.2. The molecule has 1 aromatic rings. The normalized spacial score (nSPS) is 12.8. The van der Waals surface area contributed by atoms with Crippen molar-refractivity contribution in [1.29, 1.82) is 0 Å². The topological polar surface area (TPSA) is 15.3 Å². The quantitative estimate of drug-likeness (QED) is 0.799. The molecule has 0 radical (unpaired) electrons. The minimum absolute atomic E-state index is 0.587. The highest BCUT2D eigenvalue weighted by Gasteiger charge is 2.10. The molecule has 1 atom stereocenters. The third-order valence-corrected chi connectivity index (χ3v) is 3.77. The van der Waals surface area contributed by atoms with Gasteiger partial charge in [0, 0.05) is 25.3 Å². The van der Waals surface area contributed by atoms with E-state index in [0.717, 1.165) is 13.1 Å². The summed E-state index contributed by atoms with van der Waals surface area (Å²) in [6, 6.07) is 7.40. The van der Waals surface area contributed by atoms with E-state index < -0.39 is 0 Å². The van der Waals surface area contributed by atoms with Gasteiger partial charge in [-0.3, -0.25) is 0 Å². The summed E-state index contributed by atoms with van der Waals surface area (Å²) in [5.74, 6) is 0.705. The summed E-state index contributed by atoms with van der Waals surface area (Å²) in [5.41, 5.74) is 4.09. The lowest BCUT2D eigenvalue weighted by Crippen LogP contribution is -2.28. The monoisotopic (exact) mass is 262 g/mol. The van der Waals surface area contributed by atoms with Gasteiger partial charge in [0.05, 0.1) is 0 Å². The second-order valence-electron chi connectivity index (χ2n) is 6.01. The SMILES string of the molecule is CCC(C)N(C)c1ccc(CNCC(C)C)cc1C. The number of hydrogen-bond donors (Lipinski definition) is 1. The van der Waals surface area contributed by atoms with Gasteiger partial charge in [-0.2, -0.15) is 0 Å². The predicted octanol–water partition coefficient (Wildman–Crippen LogP) is 3.98. The van der Waals surface area contributed by atoms with Crippen LogP contribution in [-0.2, 0) is 6.54 Å². The number of nitrogens with one attached hydrogen (secondary N) is 1. The van der Waals surface area contributed by atoms with Gasteiger partial charge in [0.2, 0.25) is 0 Å². The van der Waals surface area contributed by atoms with Gasteiger partial charge in [-0.05, 0) is 49.9 Å². The van der Waals surface area contributed by atoms with E-state index in [9.17, 15) is 0 Å². The molecule has 1 rings (SSSR count). The fourth-order valence-corrected chi connectivity index (χ4v) is 2.24. The third kappa shape index (κ3) is 4.87. The Kier molecular flexibility index (Phi) is 6.36. The molecule has 0 aliphatic rings. The zero-order chi connectivity index (χ0) is 14.4. The lowest BCUT2D eigenvalue weighted by Gasteiger charge is -2.28. The summed E-state index contributed by atoms with van der Waals surface area (Å²) in [7, 11) is 2.19. The van der Waals surface area contributed by atoms with Crippen LogP contribution in [0, 0.1) is 12.8 Å². The standard InChI is InChI=1S/C17H30N2/c1-7-15(5)19(6)17-9-8-16(10-14(17)4)12-18-11-13(2)3/h8-10,13,15,18H,7,11-12H2,1-6H3. The van der Waals surface area contributed by atoms with E-state index in [0.29, 0.717) is 12.0 Å². The molecule has 0 aliphatic heterocycles. The molecule has 0 spiro atoms. The van der Waals surface area contributed by atoms with Crippen molar-refractivity contribution in [3.05, 3.63) is 29.3 Å². The van der Waals surface area contributed by atoms with Crippen molar-refractivity contribution in [1.82, 2.24) is 5.32 Å². The van der Waals surface area contributed by atoms with Crippen LogP contribution >= 0.6 is 0 Å². The van der Waals surface area contributed by atoms with Gasteiger partial charge in [0.15, 0.2) is 0 Å². The van der Waals surface area contributed by atoms with Crippen molar-refractivity contribution in [2.45, 2.75) is 53.6 Å². The minimum atomic E-state index is 0.587. The molecule has 0 aliphatic carbocycles. The number of aryl methyl sites for hydroxylation is 1. The Labute approximate surface area is 119 Å². The Morgan fingerprint density at radius 2 is 1.89 bits per heavy atom. The highest BCUT2D eigenvalue weighted by Crippen LogP contribution is 2.22. The van der Waals surface area contributed by atoms with E-state index in [4.69, 9.17) is 0 Å². The number of anilines is 1. The van der Waals surface area contributed by atoms with E-state index in [-0.39, 0.29) is 0 Å². The molecule has 0 saturated heterocycles. The zero-order valence-electron chi connectivity index (χ0n) is 13.5. The molecule has 0 amide bonds. The van der Waals surface area contributed by atoms with Crippen molar-refractivity contribution in [3.8, 4) is 0 Å². The Morgan fingerprint density at radius 3 is 2.42 bits per heavy atom. The lowest BCUT2D eigenvalue weighted by molar-refractivity contribution is 0.552. The van der Waals surface area contributed by atoms with Gasteiger partial charge in [-0.15, -0.1) is 0 Å². The van der Waals surface area contributed by atoms with Crippen LogP contribution in [0.2, 0.25) is 0 Å². The molecule has 108 valence electrons. The van der Waals surface area contributed by atoms with Crippen LogP contribution in [0.5, 0.6) is 0 Å². The molecule has 2 heteroatoms. The first kappa shape index (κ1) is 16.0. The largest absolute Gasteiger partial charge is 0.372 e. The average Bonchev–Trinajstić information content (AvgIpc) is 2.36. The van der Waals surface area contributed by atoms with Crippen LogP contribution in [0.25, 0.3) is 0 Å². The van der Waals surface area contributed by atoms with Gasteiger partial charge < -0.3 is 10.2 Å². The Balaban J connectivity index is 2.69. The van der Waals surface area contributed by atoms with Crippen LogP contribution in [-0.4, -0.2) is 19.6 Å². The molecule has 0 fully saturated rings. The number of rotatable bonds is 7. The van der Waals surface area contributed by atoms with E-state index in [1.165, 1.54) is 23.2 Å². The minimum Gasteiger partial charge on any atom is -0.372 e. The maximum absolute atomic E-state index is 3.50. The lowest BCUT2D eigenvalue weighted by atomic mass is 10.1. The van der Waals surface area contributed by atoms with E-state index >= 15 is 0 Å². The molecular weight excluding hydrogens is 232 g/mol. The average molecular weight is 262 g/mol. The molecule has 1 unspecified atom stereocenters. The van der Waals surface area contributed by atoms with Crippen LogP contribution < -0.4 is 10.2 Å². The maximum atomic E-state index is 3.50. The van der Waals surface area contributed by atoms with Crippen molar-refractivity contribution < 1.29 is 0 Å². The number of nitrogens with zero attached hydrogens (tertiary/aromatic N) is 1. The first-order valence-electron chi connectivity index (χ1n) is 7.48. The molecule has 2 nitrogen and oxygen atoms in total. The van der Waals surface area contributed by atoms with Crippen LogP contribution in [0.15, 0.2) is 18.2 Å². The van der Waals surface area contributed by atoms with Gasteiger partial charge >= 0.3 is 0 Å². The summed E-state index contributed by atoms with van der Waals surface area (Å²) in [6.07, 6.45) is 1.17. The molecule has 0 bridgehead atoms. The molecule has 1 N–H and O–H groups in total. The Bertz CT molecular complexity index is 385. The van der Waals surface area contributed by atoms with Crippen LogP contribution in [0.3, 0.4) is 0 Å². The van der Waals surface area contributed by atoms with E-state index in [2.05, 4.69) is 70.1 Å². The van der Waals surface area contributed by atoms with Crippen LogP contribution in [0.1, 0.15) is 45.2 Å². The van der Waals surface area contributed by atoms with Crippen molar-refractivity contribution in [3.63, 3.8) is 0 Å². The molecule has 1 aromatic carbocycles. The summed E-state index contributed by atoms with van der Waals surface area (Å²) in [4.78, 5) is 2.38. The predicted molar refractivity (Wildman–Crippen MR) is 85.9 cm³/mol. The Hall–Kier alpha value is -1.02. The van der Waals surface area contributed by atoms with Crippen molar-refractivity contribution in [2.24, 2.45) is 5.92 Å². The zero-order valence-corrected chi connectivity index (χ0v) is 13.5. The molecule has 0 aromatic heterocycles. The first-order valence-corrected chi connectivity index (χ1v) is 7.48. The van der Waals surface area contributed by atoms with Gasteiger partial charge in [-0.1, -0.05) is 32.9 Å². The summed E-state index contributed by atoms with van der Waals surface area (Å²) >= 11 is 0. The third-order valence-electron chi connectivity index (χ3n) is 3.77. The Morgan fingerprint density at radius 1 is 1.21 bits per heavy atom. The van der Waals surface area contributed by atoms with Crippen LogP contribution in [0.4, 0.5) is 5.69 Å². The molecule has 19 heavy (non-hydrogen) atoms. The summed E-state index contributed by atoms with van der Waals surface area (Å²) in [5, 5.41) is 3.50. The molecule has 0 saturated carbocycles.